The van der Waals surface area contributed by atoms with Crippen molar-refractivity contribution in [2.24, 2.45) is 0 Å². The average molecular weight is 477 g/mol. The van der Waals surface area contributed by atoms with E-state index >= 15 is 0 Å². The number of pyridine rings is 2. The number of para-hydroxylation sites is 1. The largest absolute Gasteiger partial charge is 0.453 e. The molecule has 7 aromatic rings. The molecule has 8 rings (SSSR count). The Labute approximate surface area is 212 Å². The second kappa shape index (κ2) is 7.48. The molecule has 1 aliphatic heterocycles. The summed E-state index contributed by atoms with van der Waals surface area (Å²) < 4.78 is 8.50. The van der Waals surface area contributed by atoms with Crippen LogP contribution in [0.4, 0.5) is 0 Å². The highest BCUT2D eigenvalue weighted by Crippen LogP contribution is 2.42. The number of hydrogen-bond acceptors (Lipinski definition) is 4. The molecule has 5 nitrogen and oxygen atoms in total. The standard InChI is InChI=1S/C32H20N4O/c1-19-34-26-5-2-6-28-32(26)36(19)27-16-14-24(18-29(27)37-28)20-7-9-21(10-8-20)25-15-13-23-12-11-22-4-3-17-33-30(22)31(23)35-25/h2-18H,1H3. The van der Waals surface area contributed by atoms with Crippen LogP contribution >= 0.6 is 0 Å². The van der Waals surface area contributed by atoms with Gasteiger partial charge in [0.15, 0.2) is 11.5 Å². The monoisotopic (exact) mass is 476 g/mol. The topological polar surface area (TPSA) is 52.8 Å². The van der Waals surface area contributed by atoms with Crippen molar-refractivity contribution in [3.05, 3.63) is 109 Å². The minimum absolute atomic E-state index is 0.832. The van der Waals surface area contributed by atoms with E-state index in [1.807, 2.05) is 37.4 Å². The number of benzene rings is 4. The van der Waals surface area contributed by atoms with Crippen LogP contribution < -0.4 is 4.74 Å². The fourth-order valence-electron chi connectivity index (χ4n) is 5.39. The zero-order valence-electron chi connectivity index (χ0n) is 20.0. The smallest absolute Gasteiger partial charge is 0.153 e. The van der Waals surface area contributed by atoms with Gasteiger partial charge in [-0.15, -0.1) is 0 Å². The molecule has 0 amide bonds. The van der Waals surface area contributed by atoms with Gasteiger partial charge in [-0.3, -0.25) is 9.55 Å². The average Bonchev–Trinajstić information content (AvgIpc) is 3.30. The highest BCUT2D eigenvalue weighted by Gasteiger charge is 2.23. The van der Waals surface area contributed by atoms with E-state index in [0.29, 0.717) is 0 Å². The van der Waals surface area contributed by atoms with Crippen LogP contribution in [0.15, 0.2) is 103 Å². The lowest BCUT2D eigenvalue weighted by Gasteiger charge is -2.21. The minimum Gasteiger partial charge on any atom is -0.453 e. The third-order valence-corrected chi connectivity index (χ3v) is 7.17. The van der Waals surface area contributed by atoms with Crippen LogP contribution in [0.3, 0.4) is 0 Å². The minimum atomic E-state index is 0.832. The van der Waals surface area contributed by atoms with E-state index in [1.165, 1.54) is 0 Å². The van der Waals surface area contributed by atoms with Crippen LogP contribution in [0.2, 0.25) is 0 Å². The Hall–Kier alpha value is -5.03. The molecular weight excluding hydrogens is 456 g/mol. The Balaban J connectivity index is 1.18. The highest BCUT2D eigenvalue weighted by molar-refractivity contribution is 6.03. The maximum atomic E-state index is 6.32. The summed E-state index contributed by atoms with van der Waals surface area (Å²) in [5.41, 5.74) is 9.06. The first-order valence-corrected chi connectivity index (χ1v) is 12.3. The molecule has 0 fully saturated rings. The Morgan fingerprint density at radius 1 is 0.649 bits per heavy atom. The zero-order valence-corrected chi connectivity index (χ0v) is 20.0. The summed E-state index contributed by atoms with van der Waals surface area (Å²) in [5.74, 6) is 2.62. The first-order valence-electron chi connectivity index (χ1n) is 12.3. The van der Waals surface area contributed by atoms with E-state index in [-0.39, 0.29) is 0 Å². The Morgan fingerprint density at radius 3 is 2.32 bits per heavy atom. The fraction of sp³-hybridized carbons (Fsp3) is 0.0312. The lowest BCUT2D eigenvalue weighted by Crippen LogP contribution is -2.05. The van der Waals surface area contributed by atoms with Crippen molar-refractivity contribution in [2.75, 3.05) is 0 Å². The van der Waals surface area contributed by atoms with Crippen molar-refractivity contribution in [1.29, 1.82) is 0 Å². The molecule has 0 spiro atoms. The van der Waals surface area contributed by atoms with Crippen LogP contribution in [-0.4, -0.2) is 19.5 Å². The van der Waals surface area contributed by atoms with Crippen LogP contribution in [-0.2, 0) is 0 Å². The normalized spacial score (nSPS) is 12.1. The summed E-state index contributed by atoms with van der Waals surface area (Å²) in [6.45, 7) is 2.03. The maximum absolute atomic E-state index is 6.32. The second-order valence-electron chi connectivity index (χ2n) is 9.39. The van der Waals surface area contributed by atoms with Gasteiger partial charge in [0.25, 0.3) is 0 Å². The van der Waals surface area contributed by atoms with Gasteiger partial charge in [-0.25, -0.2) is 9.97 Å². The molecule has 0 radical (unpaired) electrons. The molecule has 174 valence electrons. The molecule has 0 atom stereocenters. The van der Waals surface area contributed by atoms with E-state index in [0.717, 1.165) is 78.2 Å². The lowest BCUT2D eigenvalue weighted by atomic mass is 10.0. The predicted molar refractivity (Wildman–Crippen MR) is 147 cm³/mol. The molecular formula is C32H20N4O. The number of rotatable bonds is 2. The molecule has 4 aromatic carbocycles. The summed E-state index contributed by atoms with van der Waals surface area (Å²) in [6, 6.07) is 33.3. The van der Waals surface area contributed by atoms with Gasteiger partial charge in [0.05, 0.1) is 27.9 Å². The van der Waals surface area contributed by atoms with Crippen LogP contribution in [0.25, 0.3) is 60.9 Å². The Kier molecular flexibility index (Phi) is 4.08. The van der Waals surface area contributed by atoms with Crippen molar-refractivity contribution in [3.63, 3.8) is 0 Å². The molecule has 4 heterocycles. The van der Waals surface area contributed by atoms with Crippen molar-refractivity contribution in [3.8, 4) is 39.6 Å². The van der Waals surface area contributed by atoms with Gasteiger partial charge in [0.2, 0.25) is 0 Å². The van der Waals surface area contributed by atoms with Crippen molar-refractivity contribution in [2.45, 2.75) is 6.92 Å². The zero-order chi connectivity index (χ0) is 24.5. The lowest BCUT2D eigenvalue weighted by molar-refractivity contribution is 0.475. The van der Waals surface area contributed by atoms with Crippen LogP contribution in [0, 0.1) is 6.92 Å². The number of hydrogen-bond donors (Lipinski definition) is 0. The third-order valence-electron chi connectivity index (χ3n) is 7.17. The number of nitrogens with zero attached hydrogens (tertiary/aromatic N) is 4. The van der Waals surface area contributed by atoms with Crippen molar-refractivity contribution in [1.82, 2.24) is 19.5 Å². The molecule has 0 saturated heterocycles. The van der Waals surface area contributed by atoms with Gasteiger partial charge in [-0.2, -0.15) is 0 Å². The van der Waals surface area contributed by atoms with Crippen molar-refractivity contribution < 1.29 is 4.74 Å². The number of ether oxygens (including phenoxy) is 1. The number of imidazole rings is 1. The molecule has 1 aliphatic rings. The van der Waals surface area contributed by atoms with E-state index < -0.39 is 0 Å². The molecule has 0 aliphatic carbocycles. The summed E-state index contributed by atoms with van der Waals surface area (Å²) in [4.78, 5) is 14.3. The van der Waals surface area contributed by atoms with Crippen molar-refractivity contribution >= 4 is 32.8 Å². The Morgan fingerprint density at radius 2 is 1.43 bits per heavy atom. The van der Waals surface area contributed by atoms with E-state index in [9.17, 15) is 0 Å². The summed E-state index contributed by atoms with van der Waals surface area (Å²) >= 11 is 0. The summed E-state index contributed by atoms with van der Waals surface area (Å²) in [5, 5.41) is 2.19. The number of fused-ring (bicyclic) bond motifs is 5. The van der Waals surface area contributed by atoms with E-state index in [2.05, 4.69) is 82.3 Å². The summed E-state index contributed by atoms with van der Waals surface area (Å²) in [6.07, 6.45) is 1.82. The van der Waals surface area contributed by atoms with Gasteiger partial charge < -0.3 is 4.74 Å². The Bertz CT molecular complexity index is 2020. The van der Waals surface area contributed by atoms with Gasteiger partial charge in [0.1, 0.15) is 11.3 Å². The number of aryl methyl sites for hydroxylation is 1. The van der Waals surface area contributed by atoms with E-state index in [1.54, 1.807) is 0 Å². The SMILES string of the molecule is Cc1nc2cccc3c2n1-c1ccc(-c2ccc(-c4ccc5ccc6cccnc6c5n4)cc2)cc1O3. The molecule has 0 N–H and O–H groups in total. The highest BCUT2D eigenvalue weighted by atomic mass is 16.5. The quantitative estimate of drug-likeness (QED) is 0.238. The summed E-state index contributed by atoms with van der Waals surface area (Å²) in [7, 11) is 0. The van der Waals surface area contributed by atoms with Crippen LogP contribution in [0.5, 0.6) is 11.5 Å². The number of aromatic nitrogens is 4. The fourth-order valence-corrected chi connectivity index (χ4v) is 5.39. The van der Waals surface area contributed by atoms with Crippen LogP contribution in [0.1, 0.15) is 5.82 Å². The van der Waals surface area contributed by atoms with E-state index in [4.69, 9.17) is 14.7 Å². The second-order valence-corrected chi connectivity index (χ2v) is 9.39. The third kappa shape index (κ3) is 3.01. The molecule has 3 aromatic heterocycles. The predicted octanol–water partition coefficient (Wildman–Crippen LogP) is 7.87. The van der Waals surface area contributed by atoms with Gasteiger partial charge in [-0.1, -0.05) is 60.7 Å². The molecule has 0 saturated carbocycles. The molecule has 0 unspecified atom stereocenters. The molecule has 5 heteroatoms. The van der Waals surface area contributed by atoms with Gasteiger partial charge in [0, 0.05) is 22.5 Å². The van der Waals surface area contributed by atoms with Gasteiger partial charge in [-0.05, 0) is 54.4 Å². The molecule has 0 bridgehead atoms. The first kappa shape index (κ1) is 20.2. The first-order chi connectivity index (χ1) is 18.2. The maximum Gasteiger partial charge on any atom is 0.153 e. The molecule has 37 heavy (non-hydrogen) atoms. The van der Waals surface area contributed by atoms with Gasteiger partial charge >= 0.3 is 0 Å².